The number of nitrogens with zero attached hydrogens (tertiary/aromatic N) is 2. The summed E-state index contributed by atoms with van der Waals surface area (Å²) in [6, 6.07) is 4.09. The third kappa shape index (κ3) is 2.15. The van der Waals surface area contributed by atoms with Crippen LogP contribution < -0.4 is 0 Å². The molecule has 1 heterocycles. The van der Waals surface area contributed by atoms with E-state index in [1.807, 2.05) is 0 Å². The monoisotopic (exact) mass is 256 g/mol. The second-order valence-electron chi connectivity index (χ2n) is 3.26. The zero-order valence-corrected chi connectivity index (χ0v) is 9.85. The highest BCUT2D eigenvalue weighted by Crippen LogP contribution is 2.27. The Bertz CT molecular complexity index is 544. The summed E-state index contributed by atoms with van der Waals surface area (Å²) >= 11 is 11.8. The fraction of sp³-hybridized carbons (Fsp3) is 0.0909. The van der Waals surface area contributed by atoms with Gasteiger partial charge in [0.1, 0.15) is 5.82 Å². The van der Waals surface area contributed by atoms with Gasteiger partial charge in [0, 0.05) is 5.56 Å². The van der Waals surface area contributed by atoms with Gasteiger partial charge < -0.3 is 0 Å². The fourth-order valence-electron chi connectivity index (χ4n) is 1.25. The fourth-order valence-corrected chi connectivity index (χ4v) is 1.66. The van der Waals surface area contributed by atoms with Gasteiger partial charge in [0.15, 0.2) is 5.15 Å². The van der Waals surface area contributed by atoms with Crippen LogP contribution in [-0.2, 0) is 0 Å². The van der Waals surface area contributed by atoms with Crippen LogP contribution >= 0.6 is 23.2 Å². The first-order valence-corrected chi connectivity index (χ1v) is 5.28. The molecule has 0 aliphatic rings. The van der Waals surface area contributed by atoms with Crippen LogP contribution in [0.5, 0.6) is 0 Å². The lowest BCUT2D eigenvalue weighted by molar-refractivity contribution is 0.628. The van der Waals surface area contributed by atoms with Crippen molar-refractivity contribution < 1.29 is 4.39 Å². The van der Waals surface area contributed by atoms with E-state index in [9.17, 15) is 4.39 Å². The Kier molecular flexibility index (Phi) is 3.08. The molecule has 0 spiro atoms. The first-order valence-electron chi connectivity index (χ1n) is 4.52. The van der Waals surface area contributed by atoms with Gasteiger partial charge in [-0.3, -0.25) is 4.98 Å². The van der Waals surface area contributed by atoms with E-state index in [4.69, 9.17) is 23.2 Å². The first-order chi connectivity index (χ1) is 7.58. The lowest BCUT2D eigenvalue weighted by Crippen LogP contribution is -1.91. The molecule has 2 aromatic rings. The average Bonchev–Trinajstić information content (AvgIpc) is 2.22. The topological polar surface area (TPSA) is 25.8 Å². The molecule has 0 bridgehead atoms. The maximum absolute atomic E-state index is 12.9. The molecule has 0 saturated carbocycles. The number of hydrogen-bond donors (Lipinski definition) is 0. The van der Waals surface area contributed by atoms with Crippen LogP contribution in [0.25, 0.3) is 11.3 Å². The zero-order chi connectivity index (χ0) is 11.7. The summed E-state index contributed by atoms with van der Waals surface area (Å²) in [6.07, 6.45) is 1.56. The van der Waals surface area contributed by atoms with Gasteiger partial charge in [-0.1, -0.05) is 23.2 Å². The van der Waals surface area contributed by atoms with E-state index in [2.05, 4.69) is 9.97 Å². The maximum Gasteiger partial charge on any atom is 0.150 e. The van der Waals surface area contributed by atoms with Crippen molar-refractivity contribution in [3.05, 3.63) is 46.1 Å². The third-order valence-corrected chi connectivity index (χ3v) is 2.78. The van der Waals surface area contributed by atoms with Gasteiger partial charge in [0.05, 0.1) is 22.6 Å². The molecule has 2 nitrogen and oxygen atoms in total. The van der Waals surface area contributed by atoms with Gasteiger partial charge in [-0.25, -0.2) is 9.37 Å². The molecule has 0 aliphatic carbocycles. The molecule has 0 unspecified atom stereocenters. The van der Waals surface area contributed by atoms with Gasteiger partial charge in [0.2, 0.25) is 0 Å². The highest BCUT2D eigenvalue weighted by atomic mass is 35.5. The summed E-state index contributed by atoms with van der Waals surface area (Å²) in [4.78, 5) is 8.20. The minimum atomic E-state index is -0.389. The molecule has 0 amide bonds. The molecule has 0 aliphatic heterocycles. The van der Waals surface area contributed by atoms with Crippen molar-refractivity contribution in [3.8, 4) is 11.3 Å². The van der Waals surface area contributed by atoms with Gasteiger partial charge in [-0.15, -0.1) is 0 Å². The molecule has 1 aromatic carbocycles. The molecule has 0 atom stereocenters. The van der Waals surface area contributed by atoms with Crippen molar-refractivity contribution in [3.63, 3.8) is 0 Å². The average molecular weight is 257 g/mol. The first kappa shape index (κ1) is 11.3. The largest absolute Gasteiger partial charge is 0.256 e. The summed E-state index contributed by atoms with van der Waals surface area (Å²) < 4.78 is 12.9. The highest BCUT2D eigenvalue weighted by molar-refractivity contribution is 6.33. The molecule has 16 heavy (non-hydrogen) atoms. The van der Waals surface area contributed by atoms with Crippen molar-refractivity contribution in [2.24, 2.45) is 0 Å². The number of aryl methyl sites for hydroxylation is 1. The molecule has 5 heteroatoms. The van der Waals surface area contributed by atoms with Crippen LogP contribution in [0.4, 0.5) is 4.39 Å². The van der Waals surface area contributed by atoms with Crippen molar-refractivity contribution in [1.29, 1.82) is 0 Å². The SMILES string of the molecule is Cc1ncc(-c2ccc(F)cc2Cl)nc1Cl. The predicted octanol–water partition coefficient (Wildman–Crippen LogP) is 3.90. The number of benzene rings is 1. The zero-order valence-electron chi connectivity index (χ0n) is 8.34. The van der Waals surface area contributed by atoms with Crippen LogP contribution in [0.2, 0.25) is 10.2 Å². The molecule has 1 aromatic heterocycles. The van der Waals surface area contributed by atoms with E-state index in [0.29, 0.717) is 22.1 Å². The van der Waals surface area contributed by atoms with Crippen LogP contribution in [-0.4, -0.2) is 9.97 Å². The summed E-state index contributed by atoms with van der Waals surface area (Å²) in [7, 11) is 0. The van der Waals surface area contributed by atoms with Gasteiger partial charge in [0.25, 0.3) is 0 Å². The molecule has 0 N–H and O–H groups in total. The lowest BCUT2D eigenvalue weighted by atomic mass is 10.1. The van der Waals surface area contributed by atoms with Crippen LogP contribution in [0.1, 0.15) is 5.69 Å². The third-order valence-electron chi connectivity index (χ3n) is 2.10. The van der Waals surface area contributed by atoms with Crippen LogP contribution in [0, 0.1) is 12.7 Å². The summed E-state index contributed by atoms with van der Waals surface area (Å²) in [5.74, 6) is -0.389. The van der Waals surface area contributed by atoms with E-state index >= 15 is 0 Å². The molecule has 82 valence electrons. The summed E-state index contributed by atoms with van der Waals surface area (Å²) in [5.41, 5.74) is 1.78. The minimum Gasteiger partial charge on any atom is -0.256 e. The van der Waals surface area contributed by atoms with Gasteiger partial charge in [-0.2, -0.15) is 0 Å². The summed E-state index contributed by atoms with van der Waals surface area (Å²) in [5, 5.41) is 0.604. The molecule has 0 fully saturated rings. The predicted molar refractivity (Wildman–Crippen MR) is 62.2 cm³/mol. The Balaban J connectivity index is 2.54. The standard InChI is InChI=1S/C11H7Cl2FN2/c1-6-11(13)16-10(5-15-6)8-3-2-7(14)4-9(8)12/h2-5H,1H3. The van der Waals surface area contributed by atoms with Gasteiger partial charge in [-0.05, 0) is 25.1 Å². The van der Waals surface area contributed by atoms with E-state index in [1.165, 1.54) is 12.1 Å². The quantitative estimate of drug-likeness (QED) is 0.774. The number of aromatic nitrogens is 2. The molecule has 0 radical (unpaired) electrons. The Morgan fingerprint density at radius 2 is 2.00 bits per heavy atom. The Morgan fingerprint density at radius 1 is 1.25 bits per heavy atom. The van der Waals surface area contributed by atoms with E-state index in [0.717, 1.165) is 0 Å². The second kappa shape index (κ2) is 4.36. The number of halogens is 3. The molecular formula is C11H7Cl2FN2. The molecule has 0 saturated heterocycles. The maximum atomic E-state index is 12.9. The second-order valence-corrected chi connectivity index (χ2v) is 4.02. The van der Waals surface area contributed by atoms with Crippen molar-refractivity contribution >= 4 is 23.2 Å². The van der Waals surface area contributed by atoms with Crippen LogP contribution in [0.15, 0.2) is 24.4 Å². The highest BCUT2D eigenvalue weighted by Gasteiger charge is 2.08. The Morgan fingerprint density at radius 3 is 2.62 bits per heavy atom. The Labute approximate surface area is 102 Å². The van der Waals surface area contributed by atoms with Crippen molar-refractivity contribution in [1.82, 2.24) is 9.97 Å². The van der Waals surface area contributed by atoms with Gasteiger partial charge >= 0.3 is 0 Å². The van der Waals surface area contributed by atoms with E-state index in [-0.39, 0.29) is 10.8 Å². The Hall–Kier alpha value is -1.19. The van der Waals surface area contributed by atoms with E-state index < -0.39 is 0 Å². The van der Waals surface area contributed by atoms with Crippen molar-refractivity contribution in [2.75, 3.05) is 0 Å². The minimum absolute atomic E-state index is 0.286. The number of rotatable bonds is 1. The normalized spacial score (nSPS) is 10.5. The number of hydrogen-bond acceptors (Lipinski definition) is 2. The smallest absolute Gasteiger partial charge is 0.150 e. The van der Waals surface area contributed by atoms with Crippen LogP contribution in [0.3, 0.4) is 0 Å². The molecule has 2 rings (SSSR count). The lowest BCUT2D eigenvalue weighted by Gasteiger charge is -2.04. The molecular weight excluding hydrogens is 250 g/mol. The van der Waals surface area contributed by atoms with E-state index in [1.54, 1.807) is 19.2 Å². The summed E-state index contributed by atoms with van der Waals surface area (Å²) in [6.45, 7) is 1.76. The van der Waals surface area contributed by atoms with Crippen molar-refractivity contribution in [2.45, 2.75) is 6.92 Å².